The molecule has 1 N–H and O–H groups in total. The molecule has 0 aliphatic heterocycles. The van der Waals surface area contributed by atoms with E-state index in [2.05, 4.69) is 27.2 Å². The van der Waals surface area contributed by atoms with Crippen LogP contribution >= 0.6 is 15.9 Å². The van der Waals surface area contributed by atoms with Gasteiger partial charge in [0.05, 0.1) is 20.1 Å². The van der Waals surface area contributed by atoms with Gasteiger partial charge in [-0.3, -0.25) is 4.79 Å². The molecule has 0 bridgehead atoms. The SMILES string of the molecule is C#CCNC(=O)Cc1ccc(Br)cc1OC. The van der Waals surface area contributed by atoms with Gasteiger partial charge in [-0.1, -0.05) is 27.9 Å². The van der Waals surface area contributed by atoms with Crippen LogP contribution in [0.25, 0.3) is 0 Å². The molecule has 1 aromatic rings. The van der Waals surface area contributed by atoms with Gasteiger partial charge >= 0.3 is 0 Å². The minimum atomic E-state index is -0.112. The summed E-state index contributed by atoms with van der Waals surface area (Å²) in [5.41, 5.74) is 0.834. The van der Waals surface area contributed by atoms with Crippen molar-refractivity contribution in [1.29, 1.82) is 0 Å². The summed E-state index contributed by atoms with van der Waals surface area (Å²) in [6.45, 7) is 0.248. The smallest absolute Gasteiger partial charge is 0.225 e. The standard InChI is InChI=1S/C12H12BrNO2/c1-3-6-14-12(15)7-9-4-5-10(13)8-11(9)16-2/h1,4-5,8H,6-7H2,2H3,(H,14,15). The maximum Gasteiger partial charge on any atom is 0.225 e. The van der Waals surface area contributed by atoms with Crippen LogP contribution in [0.15, 0.2) is 22.7 Å². The molecule has 4 heteroatoms. The fraction of sp³-hybridized carbons (Fsp3) is 0.250. The molecule has 84 valence electrons. The lowest BCUT2D eigenvalue weighted by Gasteiger charge is -2.08. The Labute approximate surface area is 103 Å². The number of terminal acetylenes is 1. The van der Waals surface area contributed by atoms with Gasteiger partial charge in [0, 0.05) is 10.0 Å². The van der Waals surface area contributed by atoms with E-state index in [1.165, 1.54) is 0 Å². The van der Waals surface area contributed by atoms with Crippen molar-refractivity contribution >= 4 is 21.8 Å². The number of methoxy groups -OCH3 is 1. The molecule has 0 fully saturated rings. The summed E-state index contributed by atoms with van der Waals surface area (Å²) in [4.78, 5) is 11.5. The zero-order chi connectivity index (χ0) is 12.0. The number of hydrogen-bond acceptors (Lipinski definition) is 2. The summed E-state index contributed by atoms with van der Waals surface area (Å²) < 4.78 is 6.10. The van der Waals surface area contributed by atoms with Crippen LogP contribution in [-0.2, 0) is 11.2 Å². The summed E-state index contributed by atoms with van der Waals surface area (Å²) in [5.74, 6) is 2.92. The van der Waals surface area contributed by atoms with Crippen molar-refractivity contribution in [2.24, 2.45) is 0 Å². The first-order valence-electron chi connectivity index (χ1n) is 4.70. The van der Waals surface area contributed by atoms with Gasteiger partial charge in [0.1, 0.15) is 5.75 Å². The molecule has 0 aromatic heterocycles. The van der Waals surface area contributed by atoms with E-state index >= 15 is 0 Å². The Morgan fingerprint density at radius 1 is 1.62 bits per heavy atom. The number of nitrogens with one attached hydrogen (secondary N) is 1. The molecule has 0 heterocycles. The highest BCUT2D eigenvalue weighted by molar-refractivity contribution is 9.10. The Kier molecular flexibility index (Phi) is 4.87. The molecule has 0 aliphatic rings. The van der Waals surface area contributed by atoms with Crippen molar-refractivity contribution in [2.45, 2.75) is 6.42 Å². The van der Waals surface area contributed by atoms with Crippen LogP contribution in [0.2, 0.25) is 0 Å². The normalized spacial score (nSPS) is 9.31. The van der Waals surface area contributed by atoms with E-state index < -0.39 is 0 Å². The average Bonchev–Trinajstić information content (AvgIpc) is 2.28. The highest BCUT2D eigenvalue weighted by Gasteiger charge is 2.08. The Balaban J connectivity index is 2.73. The maximum atomic E-state index is 11.5. The second kappa shape index (κ2) is 6.19. The Morgan fingerprint density at radius 3 is 3.00 bits per heavy atom. The van der Waals surface area contributed by atoms with Crippen molar-refractivity contribution < 1.29 is 9.53 Å². The first kappa shape index (κ1) is 12.6. The molecule has 0 atom stereocenters. The molecule has 0 spiro atoms. The predicted octanol–water partition coefficient (Wildman–Crippen LogP) is 1.75. The topological polar surface area (TPSA) is 38.3 Å². The third kappa shape index (κ3) is 3.59. The maximum absolute atomic E-state index is 11.5. The molecule has 16 heavy (non-hydrogen) atoms. The average molecular weight is 282 g/mol. The lowest BCUT2D eigenvalue weighted by Crippen LogP contribution is -2.25. The molecule has 1 amide bonds. The van der Waals surface area contributed by atoms with Crippen molar-refractivity contribution in [3.8, 4) is 18.1 Å². The minimum Gasteiger partial charge on any atom is -0.496 e. The van der Waals surface area contributed by atoms with Crippen LogP contribution in [0.5, 0.6) is 5.75 Å². The summed E-state index contributed by atoms with van der Waals surface area (Å²) in [6, 6.07) is 5.54. The second-order valence-electron chi connectivity index (χ2n) is 3.11. The van der Waals surface area contributed by atoms with Gasteiger partial charge in [-0.25, -0.2) is 0 Å². The van der Waals surface area contributed by atoms with Gasteiger partial charge in [-0.15, -0.1) is 6.42 Å². The van der Waals surface area contributed by atoms with Crippen LogP contribution in [0.1, 0.15) is 5.56 Å². The van der Waals surface area contributed by atoms with Crippen LogP contribution in [0.4, 0.5) is 0 Å². The largest absolute Gasteiger partial charge is 0.496 e. The van der Waals surface area contributed by atoms with E-state index in [-0.39, 0.29) is 18.9 Å². The van der Waals surface area contributed by atoms with Gasteiger partial charge in [-0.05, 0) is 12.1 Å². The van der Waals surface area contributed by atoms with E-state index in [0.29, 0.717) is 5.75 Å². The quantitative estimate of drug-likeness (QED) is 0.854. The lowest BCUT2D eigenvalue weighted by molar-refractivity contribution is -0.120. The predicted molar refractivity (Wildman–Crippen MR) is 66.2 cm³/mol. The van der Waals surface area contributed by atoms with Gasteiger partial charge in [-0.2, -0.15) is 0 Å². The van der Waals surface area contributed by atoms with Crippen LogP contribution < -0.4 is 10.1 Å². The zero-order valence-corrected chi connectivity index (χ0v) is 10.5. The van der Waals surface area contributed by atoms with Gasteiger partial charge < -0.3 is 10.1 Å². The van der Waals surface area contributed by atoms with Crippen LogP contribution in [0, 0.1) is 12.3 Å². The first-order valence-corrected chi connectivity index (χ1v) is 5.49. The number of amides is 1. The molecule has 0 unspecified atom stereocenters. The summed E-state index contributed by atoms with van der Waals surface area (Å²) >= 11 is 3.34. The van der Waals surface area contributed by atoms with Gasteiger partial charge in [0.15, 0.2) is 0 Å². The minimum absolute atomic E-state index is 0.112. The van der Waals surface area contributed by atoms with Crippen molar-refractivity contribution in [2.75, 3.05) is 13.7 Å². The molecular formula is C12H12BrNO2. The Bertz CT molecular complexity index is 424. The molecular weight excluding hydrogens is 270 g/mol. The third-order valence-corrected chi connectivity index (χ3v) is 2.48. The first-order chi connectivity index (χ1) is 7.67. The molecule has 1 rings (SSSR count). The molecule has 3 nitrogen and oxygen atoms in total. The van der Waals surface area contributed by atoms with E-state index in [9.17, 15) is 4.79 Å². The highest BCUT2D eigenvalue weighted by Crippen LogP contribution is 2.23. The number of ether oxygens (including phenoxy) is 1. The highest BCUT2D eigenvalue weighted by atomic mass is 79.9. The summed E-state index contributed by atoms with van der Waals surface area (Å²) in [5, 5.41) is 2.60. The number of halogens is 1. The van der Waals surface area contributed by atoms with Gasteiger partial charge in [0.25, 0.3) is 0 Å². The van der Waals surface area contributed by atoms with E-state index in [1.54, 1.807) is 7.11 Å². The van der Waals surface area contributed by atoms with Crippen LogP contribution in [-0.4, -0.2) is 19.6 Å². The molecule has 0 saturated heterocycles. The summed E-state index contributed by atoms with van der Waals surface area (Å²) in [6.07, 6.45) is 5.31. The van der Waals surface area contributed by atoms with Crippen molar-refractivity contribution in [3.63, 3.8) is 0 Å². The lowest BCUT2D eigenvalue weighted by atomic mass is 10.1. The van der Waals surface area contributed by atoms with Crippen molar-refractivity contribution in [3.05, 3.63) is 28.2 Å². The number of hydrogen-bond donors (Lipinski definition) is 1. The number of benzene rings is 1. The molecule has 1 aromatic carbocycles. The summed E-state index contributed by atoms with van der Waals surface area (Å²) in [7, 11) is 1.57. The number of carbonyl (C=O) groups is 1. The fourth-order valence-electron chi connectivity index (χ4n) is 1.25. The monoisotopic (exact) mass is 281 g/mol. The van der Waals surface area contributed by atoms with E-state index in [0.717, 1.165) is 10.0 Å². The molecule has 0 radical (unpaired) electrons. The molecule has 0 aliphatic carbocycles. The van der Waals surface area contributed by atoms with E-state index in [4.69, 9.17) is 11.2 Å². The van der Waals surface area contributed by atoms with Crippen molar-refractivity contribution in [1.82, 2.24) is 5.32 Å². The molecule has 0 saturated carbocycles. The Morgan fingerprint density at radius 2 is 2.38 bits per heavy atom. The fourth-order valence-corrected chi connectivity index (χ4v) is 1.59. The Hall–Kier alpha value is -1.47. The number of rotatable bonds is 4. The number of carbonyl (C=O) groups excluding carboxylic acids is 1. The third-order valence-electron chi connectivity index (χ3n) is 1.99. The zero-order valence-electron chi connectivity index (χ0n) is 8.92. The second-order valence-corrected chi connectivity index (χ2v) is 4.03. The van der Waals surface area contributed by atoms with Gasteiger partial charge in [0.2, 0.25) is 5.91 Å². The van der Waals surface area contributed by atoms with Crippen LogP contribution in [0.3, 0.4) is 0 Å². The van der Waals surface area contributed by atoms with E-state index in [1.807, 2.05) is 18.2 Å².